The van der Waals surface area contributed by atoms with Gasteiger partial charge in [-0.25, -0.2) is 4.79 Å². The van der Waals surface area contributed by atoms with E-state index in [0.29, 0.717) is 16.0 Å². The summed E-state index contributed by atoms with van der Waals surface area (Å²) in [6.07, 6.45) is 1.63. The minimum Gasteiger partial charge on any atom is -0.465 e. The van der Waals surface area contributed by atoms with E-state index in [2.05, 4.69) is 26.0 Å². The largest absolute Gasteiger partial charge is 0.465 e. The zero-order valence-electron chi connectivity index (χ0n) is 14.3. The predicted molar refractivity (Wildman–Crippen MR) is 108 cm³/mol. The number of rotatable bonds is 5. The van der Waals surface area contributed by atoms with Gasteiger partial charge in [-0.2, -0.15) is 0 Å². The first-order valence-corrected chi connectivity index (χ1v) is 9.52. The van der Waals surface area contributed by atoms with Crippen molar-refractivity contribution >= 4 is 56.6 Å². The zero-order chi connectivity index (χ0) is 19.4. The molecule has 0 unspecified atom stereocenters. The number of carbonyl (C=O) groups is 3. The lowest BCUT2D eigenvalue weighted by molar-refractivity contribution is -0.122. The lowest BCUT2D eigenvalue weighted by Gasteiger charge is -2.15. The molecule has 8 heteroatoms. The van der Waals surface area contributed by atoms with E-state index >= 15 is 0 Å². The first-order valence-electron chi connectivity index (χ1n) is 7.92. The average molecular weight is 447 g/mol. The van der Waals surface area contributed by atoms with E-state index in [1.807, 2.05) is 24.3 Å². The summed E-state index contributed by atoms with van der Waals surface area (Å²) >= 11 is 4.30. The third-order valence-corrected chi connectivity index (χ3v) is 5.40. The van der Waals surface area contributed by atoms with E-state index in [-0.39, 0.29) is 17.8 Å². The average Bonchev–Trinajstić information content (AvgIpc) is 2.94. The van der Waals surface area contributed by atoms with E-state index < -0.39 is 5.97 Å². The molecule has 0 aliphatic carbocycles. The molecular formula is C19H15BrN2O4S. The number of nitrogens with zero attached hydrogens (tertiary/aromatic N) is 1. The monoisotopic (exact) mass is 446 g/mol. The number of benzene rings is 2. The summed E-state index contributed by atoms with van der Waals surface area (Å²) < 4.78 is 5.50. The predicted octanol–water partition coefficient (Wildman–Crippen LogP) is 4.34. The number of amides is 2. The maximum Gasteiger partial charge on any atom is 0.337 e. The van der Waals surface area contributed by atoms with Crippen molar-refractivity contribution in [3.63, 3.8) is 0 Å². The minimum atomic E-state index is -0.431. The van der Waals surface area contributed by atoms with E-state index in [0.717, 1.165) is 26.8 Å². The SMILES string of the molecule is COC(=O)c1ccc(/C=C2/SC(=O)N(CNc3ccccc3Br)C2=O)cc1. The highest BCUT2D eigenvalue weighted by atomic mass is 79.9. The zero-order valence-corrected chi connectivity index (χ0v) is 16.7. The van der Waals surface area contributed by atoms with Gasteiger partial charge < -0.3 is 10.1 Å². The number of imide groups is 1. The van der Waals surface area contributed by atoms with Gasteiger partial charge in [0.2, 0.25) is 0 Å². The Labute approximate surface area is 168 Å². The molecule has 0 bridgehead atoms. The van der Waals surface area contributed by atoms with E-state index in [4.69, 9.17) is 0 Å². The summed E-state index contributed by atoms with van der Waals surface area (Å²) in [6, 6.07) is 14.1. The molecule has 1 heterocycles. The molecule has 1 aliphatic rings. The van der Waals surface area contributed by atoms with Gasteiger partial charge in [-0.3, -0.25) is 14.5 Å². The van der Waals surface area contributed by atoms with Gasteiger partial charge in [-0.05, 0) is 63.6 Å². The summed E-state index contributed by atoms with van der Waals surface area (Å²) in [4.78, 5) is 37.7. The van der Waals surface area contributed by atoms with Gasteiger partial charge in [-0.15, -0.1) is 0 Å². The highest BCUT2D eigenvalue weighted by Crippen LogP contribution is 2.32. The Balaban J connectivity index is 1.70. The number of carbonyl (C=O) groups excluding carboxylic acids is 3. The normalized spacial score (nSPS) is 15.3. The van der Waals surface area contributed by atoms with Crippen LogP contribution in [-0.2, 0) is 9.53 Å². The lowest BCUT2D eigenvalue weighted by atomic mass is 10.1. The van der Waals surface area contributed by atoms with Crippen molar-refractivity contribution in [1.82, 2.24) is 4.90 Å². The fourth-order valence-corrected chi connectivity index (χ4v) is 3.65. The number of thioether (sulfide) groups is 1. The third-order valence-electron chi connectivity index (χ3n) is 3.80. The molecule has 2 amide bonds. The first-order chi connectivity index (χ1) is 13.0. The Morgan fingerprint density at radius 3 is 2.56 bits per heavy atom. The van der Waals surface area contributed by atoms with E-state index in [1.165, 1.54) is 7.11 Å². The number of para-hydroxylation sites is 1. The van der Waals surface area contributed by atoms with Gasteiger partial charge >= 0.3 is 5.97 Å². The molecule has 1 fully saturated rings. The summed E-state index contributed by atoms with van der Waals surface area (Å²) in [5.74, 6) is -0.790. The standard InChI is InChI=1S/C19H15BrN2O4S/c1-26-18(24)13-8-6-12(7-9-13)10-16-17(23)22(19(25)27-16)11-21-15-5-3-2-4-14(15)20/h2-10,21H,11H2,1H3/b16-10+. The van der Waals surface area contributed by atoms with Crippen LogP contribution in [0.25, 0.3) is 6.08 Å². The number of hydrogen-bond acceptors (Lipinski definition) is 6. The molecule has 0 aromatic heterocycles. The quantitative estimate of drug-likeness (QED) is 0.543. The summed E-state index contributed by atoms with van der Waals surface area (Å²) in [6.45, 7) is 0.0753. The molecule has 27 heavy (non-hydrogen) atoms. The number of ether oxygens (including phenoxy) is 1. The van der Waals surface area contributed by atoms with Crippen molar-refractivity contribution in [2.45, 2.75) is 0 Å². The Hall–Kier alpha value is -2.58. The van der Waals surface area contributed by atoms with Crippen LogP contribution in [0.1, 0.15) is 15.9 Å². The van der Waals surface area contributed by atoms with Crippen LogP contribution in [0.5, 0.6) is 0 Å². The highest BCUT2D eigenvalue weighted by Gasteiger charge is 2.34. The molecular weight excluding hydrogens is 432 g/mol. The fourth-order valence-electron chi connectivity index (χ4n) is 2.39. The molecule has 0 atom stereocenters. The lowest BCUT2D eigenvalue weighted by Crippen LogP contribution is -2.33. The molecule has 1 aliphatic heterocycles. The second kappa shape index (κ2) is 8.41. The second-order valence-electron chi connectivity index (χ2n) is 5.54. The Kier molecular flexibility index (Phi) is 5.98. The molecule has 2 aromatic carbocycles. The van der Waals surface area contributed by atoms with Crippen LogP contribution >= 0.6 is 27.7 Å². The van der Waals surface area contributed by atoms with Crippen LogP contribution < -0.4 is 5.32 Å². The van der Waals surface area contributed by atoms with Crippen molar-refractivity contribution in [1.29, 1.82) is 0 Å². The van der Waals surface area contributed by atoms with Crippen molar-refractivity contribution in [3.05, 3.63) is 69.0 Å². The Morgan fingerprint density at radius 1 is 1.19 bits per heavy atom. The summed E-state index contributed by atoms with van der Waals surface area (Å²) in [7, 11) is 1.31. The number of halogens is 1. The molecule has 2 aromatic rings. The summed E-state index contributed by atoms with van der Waals surface area (Å²) in [5.41, 5.74) is 1.92. The van der Waals surface area contributed by atoms with Gasteiger partial charge in [0.25, 0.3) is 11.1 Å². The topological polar surface area (TPSA) is 75.7 Å². The maximum atomic E-state index is 12.5. The number of esters is 1. The fraction of sp³-hybridized carbons (Fsp3) is 0.105. The van der Waals surface area contributed by atoms with Crippen LogP contribution in [0.2, 0.25) is 0 Å². The van der Waals surface area contributed by atoms with Crippen LogP contribution in [0.3, 0.4) is 0 Å². The first kappa shape index (κ1) is 19.2. The molecule has 0 radical (unpaired) electrons. The Morgan fingerprint density at radius 2 is 1.89 bits per heavy atom. The maximum absolute atomic E-state index is 12.5. The Bertz CT molecular complexity index is 928. The van der Waals surface area contributed by atoms with E-state index in [9.17, 15) is 14.4 Å². The molecule has 1 N–H and O–H groups in total. The van der Waals surface area contributed by atoms with Gasteiger partial charge in [0, 0.05) is 10.2 Å². The highest BCUT2D eigenvalue weighted by molar-refractivity contribution is 9.10. The number of nitrogens with one attached hydrogen (secondary N) is 1. The smallest absolute Gasteiger partial charge is 0.337 e. The minimum absolute atomic E-state index is 0.0753. The molecule has 1 saturated heterocycles. The number of hydrogen-bond donors (Lipinski definition) is 1. The van der Waals surface area contributed by atoms with Crippen LogP contribution in [0, 0.1) is 0 Å². The molecule has 0 saturated carbocycles. The van der Waals surface area contributed by atoms with Crippen LogP contribution in [-0.4, -0.2) is 35.8 Å². The van der Waals surface area contributed by atoms with Gasteiger partial charge in [0.15, 0.2) is 0 Å². The van der Waals surface area contributed by atoms with Crippen LogP contribution in [0.15, 0.2) is 57.9 Å². The van der Waals surface area contributed by atoms with Crippen molar-refractivity contribution < 1.29 is 19.1 Å². The molecule has 0 spiro atoms. The van der Waals surface area contributed by atoms with Gasteiger partial charge in [0.1, 0.15) is 0 Å². The summed E-state index contributed by atoms with van der Waals surface area (Å²) in [5, 5.41) is 2.74. The molecule has 138 valence electrons. The number of methoxy groups -OCH3 is 1. The van der Waals surface area contributed by atoms with Gasteiger partial charge in [0.05, 0.1) is 24.2 Å². The molecule has 3 rings (SSSR count). The van der Waals surface area contributed by atoms with Crippen LogP contribution in [0.4, 0.5) is 10.5 Å². The second-order valence-corrected chi connectivity index (χ2v) is 7.39. The number of anilines is 1. The third kappa shape index (κ3) is 4.40. The van der Waals surface area contributed by atoms with Crippen molar-refractivity contribution in [2.75, 3.05) is 19.1 Å². The molecule has 6 nitrogen and oxygen atoms in total. The van der Waals surface area contributed by atoms with Crippen molar-refractivity contribution in [2.24, 2.45) is 0 Å². The van der Waals surface area contributed by atoms with E-state index in [1.54, 1.807) is 30.3 Å². The van der Waals surface area contributed by atoms with Gasteiger partial charge in [-0.1, -0.05) is 24.3 Å². The van der Waals surface area contributed by atoms with Crippen molar-refractivity contribution in [3.8, 4) is 0 Å².